The van der Waals surface area contributed by atoms with E-state index in [1.54, 1.807) is 44.2 Å². The third kappa shape index (κ3) is 5.16. The van der Waals surface area contributed by atoms with Gasteiger partial charge in [0.05, 0.1) is 23.6 Å². The van der Waals surface area contributed by atoms with Gasteiger partial charge >= 0.3 is 0 Å². The normalized spacial score (nSPS) is 12.8. The first-order chi connectivity index (χ1) is 16.1. The summed E-state index contributed by atoms with van der Waals surface area (Å²) in [5.74, 6) is -3.79. The predicted octanol–water partition coefficient (Wildman–Crippen LogP) is 3.22. The van der Waals surface area contributed by atoms with Crippen molar-refractivity contribution in [3.05, 3.63) is 81.9 Å². The molecule has 0 saturated carbocycles. The van der Waals surface area contributed by atoms with Crippen LogP contribution in [0.2, 0.25) is 0 Å². The minimum absolute atomic E-state index is 0.0320. The van der Waals surface area contributed by atoms with Gasteiger partial charge in [-0.05, 0) is 37.6 Å². The summed E-state index contributed by atoms with van der Waals surface area (Å²) < 4.78 is 65.5. The molecule has 0 amide bonds. The predicted molar refractivity (Wildman–Crippen MR) is 118 cm³/mol. The molecule has 0 saturated heterocycles. The molecule has 8 nitrogen and oxygen atoms in total. The molecule has 0 aliphatic heterocycles. The van der Waals surface area contributed by atoms with Crippen molar-refractivity contribution in [1.29, 1.82) is 0 Å². The number of ether oxygens (including phenoxy) is 2. The van der Waals surface area contributed by atoms with E-state index in [-0.39, 0.29) is 25.1 Å². The topological polar surface area (TPSA) is 108 Å². The van der Waals surface area contributed by atoms with Crippen molar-refractivity contribution < 1.29 is 31.8 Å². The second-order valence-corrected chi connectivity index (χ2v) is 9.56. The molecular formula is C23H24F2N2O6S. The summed E-state index contributed by atoms with van der Waals surface area (Å²) in [6.45, 7) is 3.27. The molecule has 3 rings (SSSR count). The highest BCUT2D eigenvalue weighted by Crippen LogP contribution is 2.28. The van der Waals surface area contributed by atoms with Crippen LogP contribution in [-0.4, -0.2) is 42.9 Å². The van der Waals surface area contributed by atoms with Crippen molar-refractivity contribution in [2.45, 2.75) is 42.4 Å². The third-order valence-electron chi connectivity index (χ3n) is 4.97. The average molecular weight is 495 g/mol. The SMILES string of the molecule is COC[C@@H](c1ccccc1)n1c(COC(C)C)nc(O)c(S(=O)(=O)c2ccc(F)c(F)c2)c1=O. The van der Waals surface area contributed by atoms with E-state index in [0.717, 1.165) is 10.6 Å². The summed E-state index contributed by atoms with van der Waals surface area (Å²) in [6.07, 6.45) is -0.254. The molecule has 182 valence electrons. The first-order valence-electron chi connectivity index (χ1n) is 10.3. The van der Waals surface area contributed by atoms with Crippen LogP contribution in [0.3, 0.4) is 0 Å². The van der Waals surface area contributed by atoms with Crippen LogP contribution in [0.15, 0.2) is 63.1 Å². The zero-order chi connectivity index (χ0) is 25.0. The van der Waals surface area contributed by atoms with E-state index in [9.17, 15) is 27.1 Å². The third-order valence-corrected chi connectivity index (χ3v) is 6.73. The zero-order valence-electron chi connectivity index (χ0n) is 18.7. The summed E-state index contributed by atoms with van der Waals surface area (Å²) >= 11 is 0. The number of benzene rings is 2. The molecule has 0 radical (unpaired) electrons. The summed E-state index contributed by atoms with van der Waals surface area (Å²) in [5.41, 5.74) is -0.494. The van der Waals surface area contributed by atoms with Crippen LogP contribution in [0.5, 0.6) is 5.88 Å². The van der Waals surface area contributed by atoms with Gasteiger partial charge < -0.3 is 14.6 Å². The van der Waals surface area contributed by atoms with Crippen molar-refractivity contribution in [2.75, 3.05) is 13.7 Å². The number of aromatic hydroxyl groups is 1. The van der Waals surface area contributed by atoms with Gasteiger partial charge in [-0.25, -0.2) is 17.2 Å². The molecule has 0 aliphatic carbocycles. The Morgan fingerprint density at radius 1 is 1.09 bits per heavy atom. The van der Waals surface area contributed by atoms with Crippen LogP contribution in [0.25, 0.3) is 0 Å². The Balaban J connectivity index is 2.31. The van der Waals surface area contributed by atoms with Crippen LogP contribution in [0.1, 0.15) is 31.3 Å². The van der Waals surface area contributed by atoms with Crippen LogP contribution >= 0.6 is 0 Å². The van der Waals surface area contributed by atoms with E-state index in [1.165, 1.54) is 7.11 Å². The maximum atomic E-state index is 13.8. The lowest BCUT2D eigenvalue weighted by molar-refractivity contribution is 0.0557. The van der Waals surface area contributed by atoms with Gasteiger partial charge in [0.1, 0.15) is 12.4 Å². The molecule has 2 aromatic carbocycles. The highest BCUT2D eigenvalue weighted by atomic mass is 32.2. The smallest absolute Gasteiger partial charge is 0.277 e. The fourth-order valence-electron chi connectivity index (χ4n) is 3.36. The van der Waals surface area contributed by atoms with Crippen LogP contribution in [0, 0.1) is 11.6 Å². The van der Waals surface area contributed by atoms with E-state index in [0.29, 0.717) is 17.7 Å². The number of nitrogens with zero attached hydrogens (tertiary/aromatic N) is 2. The minimum Gasteiger partial charge on any atom is -0.492 e. The van der Waals surface area contributed by atoms with Gasteiger partial charge in [0.25, 0.3) is 5.56 Å². The Morgan fingerprint density at radius 3 is 2.35 bits per heavy atom. The number of methoxy groups -OCH3 is 1. The van der Waals surface area contributed by atoms with Gasteiger partial charge in [0.2, 0.25) is 15.7 Å². The van der Waals surface area contributed by atoms with E-state index in [1.807, 2.05) is 0 Å². The minimum atomic E-state index is -4.77. The largest absolute Gasteiger partial charge is 0.492 e. The molecule has 3 aromatic rings. The molecule has 0 unspecified atom stereocenters. The lowest BCUT2D eigenvalue weighted by Crippen LogP contribution is -2.35. The molecule has 34 heavy (non-hydrogen) atoms. The van der Waals surface area contributed by atoms with Gasteiger partial charge in [-0.1, -0.05) is 30.3 Å². The lowest BCUT2D eigenvalue weighted by Gasteiger charge is -2.24. The molecule has 0 aliphatic rings. The highest BCUT2D eigenvalue weighted by molar-refractivity contribution is 7.91. The van der Waals surface area contributed by atoms with Gasteiger partial charge in [-0.3, -0.25) is 9.36 Å². The van der Waals surface area contributed by atoms with E-state index in [2.05, 4.69) is 4.98 Å². The summed E-state index contributed by atoms with van der Waals surface area (Å²) in [7, 11) is -3.36. The molecule has 1 aromatic heterocycles. The fraction of sp³-hybridized carbons (Fsp3) is 0.304. The van der Waals surface area contributed by atoms with Crippen molar-refractivity contribution in [3.63, 3.8) is 0 Å². The first-order valence-corrected chi connectivity index (χ1v) is 11.8. The standard InChI is InChI=1S/C23H24F2N2O6S/c1-14(2)33-13-20-26-22(28)21(34(30,31)16-9-10-17(24)18(25)11-16)23(29)27(20)19(12-32-3)15-7-5-4-6-8-15/h4-11,14,19,28H,12-13H2,1-3H3/t19-/m0/s1. The number of hydrogen-bond donors (Lipinski definition) is 1. The van der Waals surface area contributed by atoms with E-state index in [4.69, 9.17) is 9.47 Å². The molecule has 0 bridgehead atoms. The van der Waals surface area contributed by atoms with E-state index < -0.39 is 48.7 Å². The Labute approximate surface area is 195 Å². The Bertz CT molecular complexity index is 1330. The van der Waals surface area contributed by atoms with Crippen LogP contribution < -0.4 is 5.56 Å². The van der Waals surface area contributed by atoms with Gasteiger partial charge in [0.15, 0.2) is 16.5 Å². The first kappa shape index (κ1) is 25.5. The molecule has 11 heteroatoms. The number of hydrogen-bond acceptors (Lipinski definition) is 7. The molecule has 0 spiro atoms. The number of rotatable bonds is 9. The fourth-order valence-corrected chi connectivity index (χ4v) is 4.72. The Hall–Kier alpha value is -3.15. The van der Waals surface area contributed by atoms with Gasteiger partial charge in [-0.15, -0.1) is 0 Å². The van der Waals surface area contributed by atoms with E-state index >= 15 is 0 Å². The molecule has 1 heterocycles. The number of sulfone groups is 1. The summed E-state index contributed by atoms with van der Waals surface area (Å²) in [4.78, 5) is 15.8. The van der Waals surface area contributed by atoms with Crippen molar-refractivity contribution >= 4 is 9.84 Å². The zero-order valence-corrected chi connectivity index (χ0v) is 19.6. The van der Waals surface area contributed by atoms with Crippen LogP contribution in [0.4, 0.5) is 8.78 Å². The number of halogens is 2. The maximum absolute atomic E-state index is 13.8. The number of aromatic nitrogens is 2. The molecule has 1 N–H and O–H groups in total. The second-order valence-electron chi connectivity index (χ2n) is 7.68. The van der Waals surface area contributed by atoms with Crippen molar-refractivity contribution in [1.82, 2.24) is 9.55 Å². The second kappa shape index (κ2) is 10.4. The Morgan fingerprint density at radius 2 is 1.76 bits per heavy atom. The molecular weight excluding hydrogens is 470 g/mol. The highest BCUT2D eigenvalue weighted by Gasteiger charge is 2.32. The summed E-state index contributed by atoms with van der Waals surface area (Å²) in [6, 6.07) is 9.72. The molecule has 1 atom stereocenters. The Kier molecular flexibility index (Phi) is 7.80. The summed E-state index contributed by atoms with van der Waals surface area (Å²) in [5, 5.41) is 10.5. The van der Waals surface area contributed by atoms with Crippen molar-refractivity contribution in [3.8, 4) is 5.88 Å². The van der Waals surface area contributed by atoms with Crippen LogP contribution in [-0.2, 0) is 25.9 Å². The quantitative estimate of drug-likeness (QED) is 0.455. The van der Waals surface area contributed by atoms with Gasteiger partial charge in [-0.2, -0.15) is 4.98 Å². The molecule has 0 fully saturated rings. The average Bonchev–Trinajstić information content (AvgIpc) is 2.78. The maximum Gasteiger partial charge on any atom is 0.277 e. The van der Waals surface area contributed by atoms with Gasteiger partial charge in [0, 0.05) is 7.11 Å². The van der Waals surface area contributed by atoms with Crippen molar-refractivity contribution in [2.24, 2.45) is 0 Å². The monoisotopic (exact) mass is 494 g/mol. The lowest BCUT2D eigenvalue weighted by atomic mass is 10.1.